The quantitative estimate of drug-likeness (QED) is 0.770. The topological polar surface area (TPSA) is 12.0 Å². The van der Waals surface area contributed by atoms with Crippen LogP contribution in [0.2, 0.25) is 5.02 Å². The highest BCUT2D eigenvalue weighted by Gasteiger charge is 2.32. The highest BCUT2D eigenvalue weighted by Crippen LogP contribution is 2.26. The van der Waals surface area contributed by atoms with Crippen LogP contribution < -0.4 is 5.32 Å². The van der Waals surface area contributed by atoms with Crippen LogP contribution in [0, 0.1) is 5.82 Å². The molecule has 1 nitrogen and oxygen atoms in total. The maximum atomic E-state index is 13.6. The minimum Gasteiger partial charge on any atom is -0.313 e. The average molecular weight is 298 g/mol. The molecule has 0 spiro atoms. The van der Waals surface area contributed by atoms with E-state index in [1.54, 1.807) is 0 Å². The van der Waals surface area contributed by atoms with E-state index in [1.165, 1.54) is 18.2 Å². The number of nitrogens with one attached hydrogen (secondary N) is 1. The van der Waals surface area contributed by atoms with Crippen molar-refractivity contribution in [2.45, 2.75) is 38.4 Å². The fraction of sp³-hybridized carbons (Fsp3) is 0.538. The van der Waals surface area contributed by atoms with Gasteiger partial charge in [-0.15, -0.1) is 0 Å². The molecule has 0 aliphatic heterocycles. The molecule has 0 saturated carbocycles. The zero-order chi connectivity index (χ0) is 14.5. The molecule has 0 fully saturated rings. The minimum absolute atomic E-state index is 0.0784. The Kier molecular flexibility index (Phi) is 6.07. The number of alkyl halides is 3. The lowest BCUT2D eigenvalue weighted by molar-refractivity contribution is -0.139. The van der Waals surface area contributed by atoms with E-state index >= 15 is 0 Å². The van der Waals surface area contributed by atoms with Crippen LogP contribution >= 0.6 is 11.6 Å². The number of benzene rings is 1. The van der Waals surface area contributed by atoms with E-state index in [1.807, 2.05) is 6.92 Å². The summed E-state index contributed by atoms with van der Waals surface area (Å²) >= 11 is 5.83. The van der Waals surface area contributed by atoms with Gasteiger partial charge in [-0.05, 0) is 31.5 Å². The van der Waals surface area contributed by atoms with Crippen LogP contribution in [0.3, 0.4) is 0 Å². The SMILES string of the molecule is CCCNC(Cc1c(F)cccc1Cl)CC(F)(F)F. The number of hydrogen-bond donors (Lipinski definition) is 1. The van der Waals surface area contributed by atoms with Crippen molar-refractivity contribution in [1.82, 2.24) is 5.32 Å². The number of rotatable bonds is 6. The fourth-order valence-electron chi connectivity index (χ4n) is 1.82. The minimum atomic E-state index is -4.29. The first-order chi connectivity index (χ1) is 8.83. The summed E-state index contributed by atoms with van der Waals surface area (Å²) in [5.74, 6) is -0.571. The van der Waals surface area contributed by atoms with E-state index in [9.17, 15) is 17.6 Å². The summed E-state index contributed by atoms with van der Waals surface area (Å²) in [4.78, 5) is 0. The van der Waals surface area contributed by atoms with Crippen LogP contribution in [0.15, 0.2) is 18.2 Å². The Hall–Kier alpha value is -0.810. The van der Waals surface area contributed by atoms with E-state index in [-0.39, 0.29) is 17.0 Å². The Labute approximate surface area is 115 Å². The summed E-state index contributed by atoms with van der Waals surface area (Å²) in [6, 6.07) is 3.24. The normalized spacial score (nSPS) is 13.6. The Morgan fingerprint density at radius 2 is 2.00 bits per heavy atom. The highest BCUT2D eigenvalue weighted by atomic mass is 35.5. The van der Waals surface area contributed by atoms with Crippen molar-refractivity contribution < 1.29 is 17.6 Å². The van der Waals surface area contributed by atoms with Crippen molar-refractivity contribution in [1.29, 1.82) is 0 Å². The van der Waals surface area contributed by atoms with Crippen LogP contribution in [0.5, 0.6) is 0 Å². The van der Waals surface area contributed by atoms with Gasteiger partial charge in [-0.3, -0.25) is 0 Å². The maximum Gasteiger partial charge on any atom is 0.390 e. The molecule has 1 N–H and O–H groups in total. The highest BCUT2D eigenvalue weighted by molar-refractivity contribution is 6.31. The zero-order valence-corrected chi connectivity index (χ0v) is 11.3. The van der Waals surface area contributed by atoms with Gasteiger partial charge in [-0.25, -0.2) is 4.39 Å². The summed E-state index contributed by atoms with van der Waals surface area (Å²) in [5, 5.41) is 2.94. The molecular weight excluding hydrogens is 282 g/mol. The van der Waals surface area contributed by atoms with Crippen molar-refractivity contribution in [2.24, 2.45) is 0 Å². The first-order valence-electron chi connectivity index (χ1n) is 6.06. The van der Waals surface area contributed by atoms with Gasteiger partial charge in [0.1, 0.15) is 5.82 Å². The molecule has 0 bridgehead atoms. The van der Waals surface area contributed by atoms with Gasteiger partial charge in [-0.2, -0.15) is 13.2 Å². The lowest BCUT2D eigenvalue weighted by Crippen LogP contribution is -2.36. The Bertz CT molecular complexity index is 386. The molecule has 0 aliphatic rings. The lowest BCUT2D eigenvalue weighted by Gasteiger charge is -2.21. The molecule has 1 aromatic carbocycles. The number of hydrogen-bond acceptors (Lipinski definition) is 1. The maximum absolute atomic E-state index is 13.6. The summed E-state index contributed by atoms with van der Waals surface area (Å²) < 4.78 is 51.0. The summed E-state index contributed by atoms with van der Waals surface area (Å²) in [6.07, 6.45) is -4.66. The van der Waals surface area contributed by atoms with Gasteiger partial charge >= 0.3 is 6.18 Å². The van der Waals surface area contributed by atoms with Gasteiger partial charge in [-0.1, -0.05) is 24.6 Å². The third kappa shape index (κ3) is 5.78. The monoisotopic (exact) mass is 297 g/mol. The van der Waals surface area contributed by atoms with Gasteiger partial charge in [0.2, 0.25) is 0 Å². The smallest absolute Gasteiger partial charge is 0.313 e. The Morgan fingerprint density at radius 1 is 1.32 bits per heavy atom. The molecule has 0 heterocycles. The predicted octanol–water partition coefficient (Wildman–Crippen LogP) is 4.34. The third-order valence-electron chi connectivity index (χ3n) is 2.67. The van der Waals surface area contributed by atoms with Crippen LogP contribution in [0.1, 0.15) is 25.3 Å². The van der Waals surface area contributed by atoms with Crippen molar-refractivity contribution in [3.05, 3.63) is 34.6 Å². The summed E-state index contributed by atoms with van der Waals surface area (Å²) in [5.41, 5.74) is 0.127. The molecule has 19 heavy (non-hydrogen) atoms. The van der Waals surface area contributed by atoms with E-state index < -0.39 is 24.5 Å². The summed E-state index contributed by atoms with van der Waals surface area (Å²) in [7, 11) is 0. The Balaban J connectivity index is 2.81. The van der Waals surface area contributed by atoms with Crippen molar-refractivity contribution in [3.63, 3.8) is 0 Å². The molecule has 1 rings (SSSR count). The molecule has 0 aliphatic carbocycles. The van der Waals surface area contributed by atoms with Gasteiger partial charge in [0.15, 0.2) is 0 Å². The van der Waals surface area contributed by atoms with E-state index in [0.717, 1.165) is 0 Å². The van der Waals surface area contributed by atoms with Gasteiger partial charge in [0, 0.05) is 16.6 Å². The molecule has 108 valence electrons. The first-order valence-corrected chi connectivity index (χ1v) is 6.44. The molecule has 0 saturated heterocycles. The van der Waals surface area contributed by atoms with E-state index in [4.69, 9.17) is 11.6 Å². The van der Waals surface area contributed by atoms with Crippen molar-refractivity contribution >= 4 is 11.6 Å². The molecular formula is C13H16ClF4N. The van der Waals surface area contributed by atoms with E-state index in [2.05, 4.69) is 5.32 Å². The van der Waals surface area contributed by atoms with Crippen LogP contribution in [0.4, 0.5) is 17.6 Å². The van der Waals surface area contributed by atoms with Gasteiger partial charge in [0.05, 0.1) is 6.42 Å². The van der Waals surface area contributed by atoms with Crippen LogP contribution in [-0.2, 0) is 6.42 Å². The third-order valence-corrected chi connectivity index (χ3v) is 3.03. The Morgan fingerprint density at radius 3 is 2.53 bits per heavy atom. The molecule has 0 aromatic heterocycles. The largest absolute Gasteiger partial charge is 0.390 e. The second kappa shape index (κ2) is 7.10. The molecule has 1 atom stereocenters. The van der Waals surface area contributed by atoms with E-state index in [0.29, 0.717) is 13.0 Å². The second-order valence-corrected chi connectivity index (χ2v) is 4.78. The molecule has 0 radical (unpaired) electrons. The summed E-state index contributed by atoms with van der Waals surface area (Å²) in [6.45, 7) is 2.31. The molecule has 1 unspecified atom stereocenters. The fourth-order valence-corrected chi connectivity index (χ4v) is 2.06. The lowest BCUT2D eigenvalue weighted by atomic mass is 10.0. The molecule has 1 aromatic rings. The molecule has 6 heteroatoms. The van der Waals surface area contributed by atoms with Crippen LogP contribution in [0.25, 0.3) is 0 Å². The van der Waals surface area contributed by atoms with Gasteiger partial charge in [0.25, 0.3) is 0 Å². The second-order valence-electron chi connectivity index (χ2n) is 4.37. The van der Waals surface area contributed by atoms with Gasteiger partial charge < -0.3 is 5.32 Å². The standard InChI is InChI=1S/C13H16ClF4N/c1-2-6-19-9(8-13(16,17)18)7-10-11(14)4-3-5-12(10)15/h3-5,9,19H,2,6-8H2,1H3. The van der Waals surface area contributed by atoms with Crippen molar-refractivity contribution in [3.8, 4) is 0 Å². The van der Waals surface area contributed by atoms with Crippen molar-refractivity contribution in [2.75, 3.05) is 6.54 Å². The molecule has 0 amide bonds. The van der Waals surface area contributed by atoms with Crippen LogP contribution in [-0.4, -0.2) is 18.8 Å². The number of halogens is 5. The average Bonchev–Trinajstić information content (AvgIpc) is 2.29. The first kappa shape index (κ1) is 16.2. The predicted molar refractivity (Wildman–Crippen MR) is 67.9 cm³/mol. The zero-order valence-electron chi connectivity index (χ0n) is 10.5.